The van der Waals surface area contributed by atoms with E-state index in [4.69, 9.17) is 0 Å². The van der Waals surface area contributed by atoms with Gasteiger partial charge in [-0.25, -0.2) is 0 Å². The molecule has 15 heavy (non-hydrogen) atoms. The van der Waals surface area contributed by atoms with Gasteiger partial charge >= 0.3 is 0 Å². The van der Waals surface area contributed by atoms with Gasteiger partial charge in [0.1, 0.15) is 0 Å². The van der Waals surface area contributed by atoms with Crippen LogP contribution in [0.15, 0.2) is 0 Å². The number of nitrogens with zero attached hydrogens (tertiary/aromatic N) is 1. The summed E-state index contributed by atoms with van der Waals surface area (Å²) in [7, 11) is 2.08. The summed E-state index contributed by atoms with van der Waals surface area (Å²) in [5.74, 6) is 0.862. The van der Waals surface area contributed by atoms with Crippen LogP contribution in [0.1, 0.15) is 48.5 Å². The molecule has 0 saturated heterocycles. The van der Waals surface area contributed by atoms with Crippen LogP contribution >= 0.6 is 0 Å². The van der Waals surface area contributed by atoms with Gasteiger partial charge in [0, 0.05) is 11.6 Å². The van der Waals surface area contributed by atoms with E-state index in [2.05, 4.69) is 60.4 Å². The van der Waals surface area contributed by atoms with Gasteiger partial charge in [-0.15, -0.1) is 0 Å². The highest BCUT2D eigenvalue weighted by Gasteiger charge is 2.30. The predicted octanol–water partition coefficient (Wildman–Crippen LogP) is 2.76. The molecular formula is C13H29NO. The molecule has 0 rings (SSSR count). The molecule has 0 radical (unpaired) electrons. The molecule has 0 amide bonds. The van der Waals surface area contributed by atoms with Crippen LogP contribution in [0.4, 0.5) is 0 Å². The monoisotopic (exact) mass is 215 g/mol. The molecule has 0 spiro atoms. The fourth-order valence-corrected chi connectivity index (χ4v) is 1.67. The van der Waals surface area contributed by atoms with Gasteiger partial charge in [-0.05, 0) is 46.6 Å². The van der Waals surface area contributed by atoms with Gasteiger partial charge in [0.05, 0.1) is 6.10 Å². The Morgan fingerprint density at radius 2 is 1.40 bits per heavy atom. The van der Waals surface area contributed by atoms with E-state index in [1.165, 1.54) is 0 Å². The van der Waals surface area contributed by atoms with Crippen molar-refractivity contribution in [3.05, 3.63) is 0 Å². The average molecular weight is 215 g/mol. The van der Waals surface area contributed by atoms with Crippen LogP contribution in [0.25, 0.3) is 0 Å². The quantitative estimate of drug-likeness (QED) is 0.779. The molecule has 1 N–H and O–H groups in total. The summed E-state index contributed by atoms with van der Waals surface area (Å²) in [5.41, 5.74) is 0.108. The summed E-state index contributed by atoms with van der Waals surface area (Å²) in [4.78, 5) is 2.25. The van der Waals surface area contributed by atoms with E-state index < -0.39 is 0 Å². The first-order valence-electron chi connectivity index (χ1n) is 6.00. The minimum absolute atomic E-state index is 0.108. The Balaban J connectivity index is 4.51. The SMILES string of the molecule is CC(C)C(C)[C@H](O)[C@H](C)N(C)C(C)(C)C. The molecular weight excluding hydrogens is 186 g/mol. The fraction of sp³-hybridized carbons (Fsp3) is 1.00. The highest BCUT2D eigenvalue weighted by molar-refractivity contribution is 4.84. The predicted molar refractivity (Wildman–Crippen MR) is 67.0 cm³/mol. The summed E-state index contributed by atoms with van der Waals surface area (Å²) in [6, 6.07) is 0.197. The third-order valence-electron chi connectivity index (χ3n) is 3.75. The van der Waals surface area contributed by atoms with Crippen molar-refractivity contribution in [3.8, 4) is 0 Å². The van der Waals surface area contributed by atoms with Gasteiger partial charge in [0.15, 0.2) is 0 Å². The van der Waals surface area contributed by atoms with Crippen molar-refractivity contribution < 1.29 is 5.11 Å². The van der Waals surface area contributed by atoms with Gasteiger partial charge in [0.2, 0.25) is 0 Å². The Kier molecular flexibility index (Phi) is 5.28. The standard InChI is InChI=1S/C13H29NO/c1-9(2)10(3)12(15)11(4)14(8)13(5,6)7/h9-12,15H,1-8H3/t10?,11-,12-/m0/s1. The normalized spacial score (nSPS) is 19.4. The fourth-order valence-electron chi connectivity index (χ4n) is 1.67. The second-order valence-electron chi connectivity index (χ2n) is 6.12. The largest absolute Gasteiger partial charge is 0.391 e. The zero-order chi connectivity index (χ0) is 12.4. The van der Waals surface area contributed by atoms with Gasteiger partial charge in [-0.3, -0.25) is 4.90 Å². The first kappa shape index (κ1) is 14.9. The highest BCUT2D eigenvalue weighted by Crippen LogP contribution is 2.23. The molecule has 0 aromatic carbocycles. The molecule has 3 atom stereocenters. The maximum Gasteiger partial charge on any atom is 0.0720 e. The molecule has 0 aromatic rings. The van der Waals surface area contributed by atoms with Gasteiger partial charge < -0.3 is 5.11 Å². The Morgan fingerprint density at radius 1 is 1.00 bits per heavy atom. The van der Waals surface area contributed by atoms with Crippen LogP contribution in [0.3, 0.4) is 0 Å². The number of likely N-dealkylation sites (N-methyl/N-ethyl adjacent to an activating group) is 1. The zero-order valence-electron chi connectivity index (χ0n) is 11.7. The number of aliphatic hydroxyl groups excluding tert-OH is 1. The summed E-state index contributed by atoms with van der Waals surface area (Å²) < 4.78 is 0. The van der Waals surface area contributed by atoms with E-state index in [-0.39, 0.29) is 17.7 Å². The van der Waals surface area contributed by atoms with Crippen molar-refractivity contribution >= 4 is 0 Å². The molecule has 2 nitrogen and oxygen atoms in total. The minimum Gasteiger partial charge on any atom is -0.391 e. The van der Waals surface area contributed by atoms with E-state index in [1.807, 2.05) is 0 Å². The molecule has 1 unspecified atom stereocenters. The maximum absolute atomic E-state index is 10.2. The molecule has 2 heteroatoms. The van der Waals surface area contributed by atoms with Crippen molar-refractivity contribution in [1.82, 2.24) is 4.90 Å². The first-order chi connectivity index (χ1) is 6.59. The van der Waals surface area contributed by atoms with Gasteiger partial charge in [0.25, 0.3) is 0 Å². The topological polar surface area (TPSA) is 23.5 Å². The summed E-state index contributed by atoms with van der Waals surface area (Å²) in [5, 5.41) is 10.2. The van der Waals surface area contributed by atoms with Crippen LogP contribution in [-0.2, 0) is 0 Å². The number of rotatable bonds is 4. The molecule has 0 fully saturated rings. The maximum atomic E-state index is 10.2. The van der Waals surface area contributed by atoms with Gasteiger partial charge in [-0.1, -0.05) is 20.8 Å². The van der Waals surface area contributed by atoms with Gasteiger partial charge in [-0.2, -0.15) is 0 Å². The molecule has 0 aliphatic carbocycles. The molecule has 0 aromatic heterocycles. The van der Waals surface area contributed by atoms with E-state index in [9.17, 15) is 5.11 Å². The Hall–Kier alpha value is -0.0800. The van der Waals surface area contributed by atoms with E-state index in [1.54, 1.807) is 0 Å². The molecule has 0 bridgehead atoms. The lowest BCUT2D eigenvalue weighted by Gasteiger charge is -2.41. The third kappa shape index (κ3) is 4.12. The van der Waals surface area contributed by atoms with E-state index in [0.29, 0.717) is 11.8 Å². The van der Waals surface area contributed by atoms with Crippen molar-refractivity contribution in [2.24, 2.45) is 11.8 Å². The summed E-state index contributed by atoms with van der Waals surface area (Å²) in [6.07, 6.45) is -0.255. The second-order valence-corrected chi connectivity index (χ2v) is 6.12. The highest BCUT2D eigenvalue weighted by atomic mass is 16.3. The molecule has 0 aliphatic heterocycles. The molecule has 0 heterocycles. The van der Waals surface area contributed by atoms with Crippen LogP contribution in [0.2, 0.25) is 0 Å². The van der Waals surface area contributed by atoms with Crippen LogP contribution in [-0.4, -0.2) is 34.7 Å². The van der Waals surface area contributed by atoms with E-state index >= 15 is 0 Å². The van der Waals surface area contributed by atoms with Crippen LogP contribution < -0.4 is 0 Å². The molecule has 0 aliphatic rings. The number of aliphatic hydroxyl groups is 1. The third-order valence-corrected chi connectivity index (χ3v) is 3.75. The van der Waals surface area contributed by atoms with Crippen molar-refractivity contribution in [1.29, 1.82) is 0 Å². The number of hydrogen-bond donors (Lipinski definition) is 1. The van der Waals surface area contributed by atoms with Crippen molar-refractivity contribution in [2.45, 2.75) is 66.2 Å². The Labute approximate surface area is 95.7 Å². The van der Waals surface area contributed by atoms with E-state index in [0.717, 1.165) is 0 Å². The van der Waals surface area contributed by atoms with Crippen LogP contribution in [0, 0.1) is 11.8 Å². The number of hydrogen-bond acceptors (Lipinski definition) is 2. The summed E-state index contributed by atoms with van der Waals surface area (Å²) in [6.45, 7) is 15.1. The van der Waals surface area contributed by atoms with Crippen molar-refractivity contribution in [3.63, 3.8) is 0 Å². The Bertz CT molecular complexity index is 183. The lowest BCUT2D eigenvalue weighted by Crippen LogP contribution is -2.51. The minimum atomic E-state index is -0.255. The Morgan fingerprint density at radius 3 is 1.67 bits per heavy atom. The smallest absolute Gasteiger partial charge is 0.0720 e. The lowest BCUT2D eigenvalue weighted by atomic mass is 9.87. The first-order valence-corrected chi connectivity index (χ1v) is 6.00. The summed E-state index contributed by atoms with van der Waals surface area (Å²) >= 11 is 0. The molecule has 92 valence electrons. The molecule has 0 saturated carbocycles. The van der Waals surface area contributed by atoms with Crippen molar-refractivity contribution in [2.75, 3.05) is 7.05 Å². The lowest BCUT2D eigenvalue weighted by molar-refractivity contribution is -0.0124. The zero-order valence-corrected chi connectivity index (χ0v) is 11.7. The second kappa shape index (κ2) is 5.31. The average Bonchev–Trinajstić information content (AvgIpc) is 2.11. The van der Waals surface area contributed by atoms with Crippen LogP contribution in [0.5, 0.6) is 0 Å².